The average molecular weight is 625 g/mol. The van der Waals surface area contributed by atoms with E-state index in [1.807, 2.05) is 0 Å². The van der Waals surface area contributed by atoms with Gasteiger partial charge in [0, 0.05) is 5.92 Å². The quantitative estimate of drug-likeness (QED) is 0.0240. The molecule has 4 nitrogen and oxygen atoms in total. The van der Waals surface area contributed by atoms with Crippen LogP contribution in [0.3, 0.4) is 0 Å². The molecule has 0 N–H and O–H groups in total. The first-order valence-corrected chi connectivity index (χ1v) is 19.1. The SMILES string of the molecule is CCCCCCCCCCCCCCCCCCC/C=C/C(CCCCCCCCCCCC)COS(=O)(=O)[O-].[K+]. The van der Waals surface area contributed by atoms with Crippen LogP contribution in [0.25, 0.3) is 0 Å². The molecule has 0 saturated heterocycles. The van der Waals surface area contributed by atoms with Gasteiger partial charge >= 0.3 is 51.4 Å². The number of hydrogen-bond acceptors (Lipinski definition) is 4. The Hall–Kier alpha value is 1.25. The maximum absolute atomic E-state index is 10.9. The first-order valence-electron chi connectivity index (χ1n) is 17.8. The van der Waals surface area contributed by atoms with Crippen molar-refractivity contribution in [1.82, 2.24) is 0 Å². The van der Waals surface area contributed by atoms with E-state index in [9.17, 15) is 13.0 Å². The van der Waals surface area contributed by atoms with Gasteiger partial charge < -0.3 is 4.55 Å². The van der Waals surface area contributed by atoms with E-state index in [1.165, 1.54) is 167 Å². The zero-order valence-electron chi connectivity index (χ0n) is 28.0. The summed E-state index contributed by atoms with van der Waals surface area (Å²) in [5.74, 6) is 0.0172. The van der Waals surface area contributed by atoms with Crippen LogP contribution in [0.1, 0.15) is 200 Å². The van der Waals surface area contributed by atoms with Crippen LogP contribution in [-0.2, 0) is 14.6 Å². The van der Waals surface area contributed by atoms with Crippen molar-refractivity contribution in [3.63, 3.8) is 0 Å². The predicted molar refractivity (Wildman–Crippen MR) is 174 cm³/mol. The van der Waals surface area contributed by atoms with E-state index in [1.54, 1.807) is 0 Å². The van der Waals surface area contributed by atoms with Gasteiger partial charge in [-0.1, -0.05) is 193 Å². The van der Waals surface area contributed by atoms with E-state index in [-0.39, 0.29) is 63.9 Å². The van der Waals surface area contributed by atoms with Gasteiger partial charge in [-0.15, -0.1) is 0 Å². The minimum absolute atomic E-state index is 0. The summed E-state index contributed by atoms with van der Waals surface area (Å²) in [6.07, 6.45) is 42.5. The van der Waals surface area contributed by atoms with E-state index < -0.39 is 10.4 Å². The van der Waals surface area contributed by atoms with E-state index in [0.717, 1.165) is 19.3 Å². The van der Waals surface area contributed by atoms with Gasteiger partial charge in [0.05, 0.1) is 6.61 Å². The molecule has 1 atom stereocenters. The third kappa shape index (κ3) is 39.2. The molecule has 0 rings (SSSR count). The van der Waals surface area contributed by atoms with E-state index >= 15 is 0 Å². The Morgan fingerprint density at radius 1 is 0.537 bits per heavy atom. The fourth-order valence-electron chi connectivity index (χ4n) is 5.58. The summed E-state index contributed by atoms with van der Waals surface area (Å²) < 4.78 is 37.4. The Kier molecular flexibility index (Phi) is 38.7. The van der Waals surface area contributed by atoms with E-state index in [4.69, 9.17) is 0 Å². The Morgan fingerprint density at radius 3 is 1.20 bits per heavy atom. The van der Waals surface area contributed by atoms with Crippen molar-refractivity contribution in [3.05, 3.63) is 12.2 Å². The average Bonchev–Trinajstić information content (AvgIpc) is 2.93. The molecule has 240 valence electrons. The summed E-state index contributed by atoms with van der Waals surface area (Å²) in [4.78, 5) is 0. The predicted octanol–water partition coefficient (Wildman–Crippen LogP) is 8.99. The van der Waals surface area contributed by atoms with E-state index in [2.05, 4.69) is 30.2 Å². The summed E-state index contributed by atoms with van der Waals surface area (Å²) in [5.41, 5.74) is 0. The first-order chi connectivity index (χ1) is 19.5. The molecule has 0 saturated carbocycles. The molecule has 0 amide bonds. The smallest absolute Gasteiger partial charge is 0.726 e. The molecule has 0 heterocycles. The maximum atomic E-state index is 10.9. The zero-order chi connectivity index (χ0) is 29.4. The van der Waals surface area contributed by atoms with Gasteiger partial charge in [0.25, 0.3) is 0 Å². The Morgan fingerprint density at radius 2 is 0.854 bits per heavy atom. The minimum atomic E-state index is -4.62. The second-order valence-corrected chi connectivity index (χ2v) is 13.3. The third-order valence-corrected chi connectivity index (χ3v) is 8.66. The van der Waals surface area contributed by atoms with Crippen molar-refractivity contribution in [1.29, 1.82) is 0 Å². The normalized spacial score (nSPS) is 12.7. The van der Waals surface area contributed by atoms with Crippen LogP contribution in [-0.4, -0.2) is 19.6 Å². The fraction of sp³-hybridized carbons (Fsp3) is 0.943. The van der Waals surface area contributed by atoms with Crippen molar-refractivity contribution in [3.8, 4) is 0 Å². The summed E-state index contributed by atoms with van der Waals surface area (Å²) in [5, 5.41) is 0. The number of allylic oxidation sites excluding steroid dienone is 1. The summed E-state index contributed by atoms with van der Waals surface area (Å²) in [6.45, 7) is 4.52. The molecule has 0 aromatic rings. The van der Waals surface area contributed by atoms with Crippen LogP contribution in [0.15, 0.2) is 12.2 Å². The molecule has 0 fully saturated rings. The summed E-state index contributed by atoms with van der Waals surface area (Å²) >= 11 is 0. The Balaban J connectivity index is 0. The molecule has 0 aliphatic rings. The van der Waals surface area contributed by atoms with Crippen molar-refractivity contribution in [2.45, 2.75) is 200 Å². The third-order valence-electron chi connectivity index (χ3n) is 8.24. The summed E-state index contributed by atoms with van der Waals surface area (Å²) in [6, 6.07) is 0. The molecule has 0 spiro atoms. The second kappa shape index (κ2) is 35.7. The van der Waals surface area contributed by atoms with Gasteiger partial charge in [0.15, 0.2) is 0 Å². The van der Waals surface area contributed by atoms with Crippen LogP contribution >= 0.6 is 0 Å². The molecule has 0 aliphatic heterocycles. The summed E-state index contributed by atoms with van der Waals surface area (Å²) in [7, 11) is -4.62. The van der Waals surface area contributed by atoms with Crippen molar-refractivity contribution in [2.24, 2.45) is 5.92 Å². The van der Waals surface area contributed by atoms with Crippen LogP contribution in [0.5, 0.6) is 0 Å². The van der Waals surface area contributed by atoms with E-state index in [0.29, 0.717) is 0 Å². The van der Waals surface area contributed by atoms with Gasteiger partial charge in [-0.3, -0.25) is 4.18 Å². The number of rotatable bonds is 33. The second-order valence-electron chi connectivity index (χ2n) is 12.3. The van der Waals surface area contributed by atoms with Crippen LogP contribution < -0.4 is 51.4 Å². The van der Waals surface area contributed by atoms with Gasteiger partial charge in [-0.2, -0.15) is 0 Å². The first kappa shape index (κ1) is 44.4. The molecule has 0 bridgehead atoms. The van der Waals surface area contributed by atoms with Crippen LogP contribution in [0.2, 0.25) is 0 Å². The van der Waals surface area contributed by atoms with Gasteiger partial charge in [0.1, 0.15) is 0 Å². The molecule has 0 aromatic carbocycles. The molecule has 0 aliphatic carbocycles. The Bertz CT molecular complexity index is 624. The fourth-order valence-corrected chi connectivity index (χ4v) is 5.92. The largest absolute Gasteiger partial charge is 1.00 e. The molecule has 0 radical (unpaired) electrons. The van der Waals surface area contributed by atoms with Gasteiger partial charge in [-0.25, -0.2) is 8.42 Å². The molecule has 41 heavy (non-hydrogen) atoms. The topological polar surface area (TPSA) is 66.4 Å². The number of hydrogen-bond donors (Lipinski definition) is 0. The Labute approximate surface area is 300 Å². The van der Waals surface area contributed by atoms with Gasteiger partial charge in [0.2, 0.25) is 10.4 Å². The monoisotopic (exact) mass is 624 g/mol. The molecule has 0 aromatic heterocycles. The van der Waals surface area contributed by atoms with Gasteiger partial charge in [-0.05, 0) is 19.3 Å². The molecular weight excluding hydrogens is 556 g/mol. The molecule has 1 unspecified atom stereocenters. The van der Waals surface area contributed by atoms with Crippen LogP contribution in [0.4, 0.5) is 0 Å². The zero-order valence-corrected chi connectivity index (χ0v) is 31.9. The minimum Gasteiger partial charge on any atom is -0.726 e. The van der Waals surface area contributed by atoms with Crippen molar-refractivity contribution >= 4 is 10.4 Å². The van der Waals surface area contributed by atoms with Crippen molar-refractivity contribution < 1.29 is 68.5 Å². The standard InChI is InChI=1S/C35H70O4S.K/c1-3-5-7-9-11-13-15-16-17-18-19-20-21-22-23-25-27-29-31-33-35(34-39-40(36,37)38)32-30-28-26-24-14-12-10-8-6-4-2;/h31,33,35H,3-30,32,34H2,1-2H3,(H,36,37,38);/q;+1/p-1/b33-31+;. The number of unbranched alkanes of at least 4 members (excludes halogenated alkanes) is 26. The molecular formula is C35H69KO4S. The molecule has 6 heteroatoms. The van der Waals surface area contributed by atoms with Crippen molar-refractivity contribution in [2.75, 3.05) is 6.61 Å². The van der Waals surface area contributed by atoms with Crippen LogP contribution in [0, 0.1) is 5.92 Å². The maximum Gasteiger partial charge on any atom is 1.00 e.